The number of benzene rings is 2. The van der Waals surface area contributed by atoms with E-state index in [0.29, 0.717) is 23.2 Å². The van der Waals surface area contributed by atoms with Gasteiger partial charge >= 0.3 is 0 Å². The maximum absolute atomic E-state index is 13.6. The molecule has 5 rings (SSSR count). The number of amides is 1. The molecule has 0 spiro atoms. The number of hydrogen-bond acceptors (Lipinski definition) is 4. The average Bonchev–Trinajstić information content (AvgIpc) is 3.40. The second-order valence-corrected chi connectivity index (χ2v) is 9.76. The molecule has 0 aliphatic heterocycles. The Balaban J connectivity index is 1.52. The standard InChI is InChI=1S/C30H29N3O2S/c1-3-32(4-2)20-22-10-8-9-21(17-22)19-31-29(34)26-18-25(23-11-6-5-7-12-23)30(35)33-15-13-24-14-16-36-28(24)27(26)33/h5-18H,3-4,19-20H2,1-2H3,(H,31,34). The summed E-state index contributed by atoms with van der Waals surface area (Å²) < 4.78 is 2.54. The van der Waals surface area contributed by atoms with Crippen LogP contribution < -0.4 is 10.9 Å². The van der Waals surface area contributed by atoms with Gasteiger partial charge in [-0.15, -0.1) is 11.3 Å². The predicted octanol–water partition coefficient (Wildman–Crippen LogP) is 5.95. The Hall–Kier alpha value is -3.74. The lowest BCUT2D eigenvalue weighted by Gasteiger charge is -2.18. The van der Waals surface area contributed by atoms with E-state index in [-0.39, 0.29) is 11.5 Å². The highest BCUT2D eigenvalue weighted by atomic mass is 32.1. The van der Waals surface area contributed by atoms with Crippen LogP contribution in [0.25, 0.3) is 26.7 Å². The average molecular weight is 496 g/mol. The summed E-state index contributed by atoms with van der Waals surface area (Å²) in [4.78, 5) is 29.4. The zero-order valence-electron chi connectivity index (χ0n) is 20.5. The number of rotatable bonds is 8. The van der Waals surface area contributed by atoms with Gasteiger partial charge in [-0.1, -0.05) is 68.4 Å². The quantitative estimate of drug-likeness (QED) is 0.289. The molecule has 182 valence electrons. The number of hydrogen-bond donors (Lipinski definition) is 1. The van der Waals surface area contributed by atoms with Crippen LogP contribution in [0.2, 0.25) is 0 Å². The molecule has 0 radical (unpaired) electrons. The van der Waals surface area contributed by atoms with Crippen molar-refractivity contribution in [3.8, 4) is 11.1 Å². The molecule has 5 nitrogen and oxygen atoms in total. The summed E-state index contributed by atoms with van der Waals surface area (Å²) in [6.07, 6.45) is 1.77. The fraction of sp³-hybridized carbons (Fsp3) is 0.200. The smallest absolute Gasteiger partial charge is 0.263 e. The van der Waals surface area contributed by atoms with E-state index in [9.17, 15) is 9.59 Å². The van der Waals surface area contributed by atoms with Crippen LogP contribution in [0.3, 0.4) is 0 Å². The number of nitrogens with one attached hydrogen (secondary N) is 1. The largest absolute Gasteiger partial charge is 0.348 e. The molecule has 1 N–H and O–H groups in total. The summed E-state index contributed by atoms with van der Waals surface area (Å²) in [7, 11) is 0. The lowest BCUT2D eigenvalue weighted by Crippen LogP contribution is -2.26. The lowest BCUT2D eigenvalue weighted by molar-refractivity contribution is 0.0952. The normalized spacial score (nSPS) is 11.4. The van der Waals surface area contributed by atoms with Gasteiger partial charge in [0.1, 0.15) is 0 Å². The maximum atomic E-state index is 13.6. The van der Waals surface area contributed by atoms with Crippen LogP contribution in [-0.4, -0.2) is 28.3 Å². The molecule has 5 aromatic rings. The van der Waals surface area contributed by atoms with Gasteiger partial charge in [0.25, 0.3) is 11.5 Å². The summed E-state index contributed by atoms with van der Waals surface area (Å²) in [5.41, 5.74) is 4.61. The van der Waals surface area contributed by atoms with E-state index in [1.807, 2.05) is 60.0 Å². The van der Waals surface area contributed by atoms with Gasteiger partial charge in [0.2, 0.25) is 0 Å². The monoisotopic (exact) mass is 495 g/mol. The highest BCUT2D eigenvalue weighted by molar-refractivity contribution is 7.18. The summed E-state index contributed by atoms with van der Waals surface area (Å²) >= 11 is 1.54. The summed E-state index contributed by atoms with van der Waals surface area (Å²) in [5.74, 6) is -0.195. The van der Waals surface area contributed by atoms with Crippen molar-refractivity contribution in [3.63, 3.8) is 0 Å². The van der Waals surface area contributed by atoms with Gasteiger partial charge in [-0.2, -0.15) is 0 Å². The first-order chi connectivity index (χ1) is 17.6. The molecule has 6 heteroatoms. The SMILES string of the molecule is CCN(CC)Cc1cccc(CNC(=O)c2cc(-c3ccccc3)c(=O)n3ccc4ccsc4c23)c1. The first-order valence-electron chi connectivity index (χ1n) is 12.3. The van der Waals surface area contributed by atoms with Crippen molar-refractivity contribution in [3.05, 3.63) is 111 Å². The molecule has 36 heavy (non-hydrogen) atoms. The van der Waals surface area contributed by atoms with E-state index in [1.165, 1.54) is 5.56 Å². The van der Waals surface area contributed by atoms with Crippen LogP contribution in [-0.2, 0) is 13.1 Å². The molecule has 0 saturated carbocycles. The molecule has 0 saturated heterocycles. The summed E-state index contributed by atoms with van der Waals surface area (Å²) in [6, 6.07) is 23.6. The van der Waals surface area contributed by atoms with Crippen molar-refractivity contribution in [1.29, 1.82) is 0 Å². The van der Waals surface area contributed by atoms with E-state index in [2.05, 4.69) is 36.2 Å². The van der Waals surface area contributed by atoms with Crippen molar-refractivity contribution in [1.82, 2.24) is 14.6 Å². The Bertz CT molecular complexity index is 1580. The van der Waals surface area contributed by atoms with Crippen molar-refractivity contribution in [2.24, 2.45) is 0 Å². The third-order valence-corrected chi connectivity index (χ3v) is 7.56. The van der Waals surface area contributed by atoms with Crippen LogP contribution in [0.1, 0.15) is 35.3 Å². The zero-order chi connectivity index (χ0) is 25.1. The van der Waals surface area contributed by atoms with Crippen molar-refractivity contribution < 1.29 is 4.79 Å². The van der Waals surface area contributed by atoms with Crippen LogP contribution in [0, 0.1) is 0 Å². The van der Waals surface area contributed by atoms with Gasteiger partial charge in [-0.3, -0.25) is 18.9 Å². The minimum atomic E-state index is -0.195. The Kier molecular flexibility index (Phi) is 6.98. The van der Waals surface area contributed by atoms with Crippen LogP contribution in [0.15, 0.2) is 89.2 Å². The third-order valence-electron chi connectivity index (χ3n) is 6.62. The Morgan fingerprint density at radius 2 is 1.72 bits per heavy atom. The highest BCUT2D eigenvalue weighted by Crippen LogP contribution is 2.29. The van der Waals surface area contributed by atoms with Crippen molar-refractivity contribution in [2.45, 2.75) is 26.9 Å². The van der Waals surface area contributed by atoms with Crippen molar-refractivity contribution >= 4 is 32.8 Å². The maximum Gasteiger partial charge on any atom is 0.263 e. The first-order valence-corrected chi connectivity index (χ1v) is 13.2. The van der Waals surface area contributed by atoms with E-state index in [1.54, 1.807) is 28.0 Å². The Morgan fingerprint density at radius 1 is 0.944 bits per heavy atom. The van der Waals surface area contributed by atoms with Crippen LogP contribution in [0.4, 0.5) is 0 Å². The minimum Gasteiger partial charge on any atom is -0.348 e. The summed E-state index contributed by atoms with van der Waals surface area (Å²) in [5, 5.41) is 6.12. The first kappa shape index (κ1) is 24.0. The fourth-order valence-corrected chi connectivity index (χ4v) is 5.57. The zero-order valence-corrected chi connectivity index (χ0v) is 21.3. The number of aromatic nitrogens is 1. The predicted molar refractivity (Wildman–Crippen MR) is 149 cm³/mol. The molecular weight excluding hydrogens is 466 g/mol. The van der Waals surface area contributed by atoms with Crippen LogP contribution in [0.5, 0.6) is 0 Å². The Labute approximate surface area is 214 Å². The Morgan fingerprint density at radius 3 is 2.50 bits per heavy atom. The number of nitrogens with zero attached hydrogens (tertiary/aromatic N) is 2. The number of carbonyl (C=O) groups is 1. The molecular formula is C30H29N3O2S. The summed E-state index contributed by atoms with van der Waals surface area (Å²) in [6.45, 7) is 7.63. The van der Waals surface area contributed by atoms with E-state index < -0.39 is 0 Å². The molecule has 2 aromatic carbocycles. The van der Waals surface area contributed by atoms with Gasteiger partial charge in [-0.25, -0.2) is 0 Å². The fourth-order valence-electron chi connectivity index (χ4n) is 4.63. The van der Waals surface area contributed by atoms with E-state index >= 15 is 0 Å². The molecule has 0 atom stereocenters. The molecule has 3 heterocycles. The van der Waals surface area contributed by atoms with Gasteiger partial charge in [0.15, 0.2) is 0 Å². The molecule has 0 bridgehead atoms. The highest BCUT2D eigenvalue weighted by Gasteiger charge is 2.19. The lowest BCUT2D eigenvalue weighted by atomic mass is 10.0. The second kappa shape index (κ2) is 10.5. The molecule has 1 amide bonds. The van der Waals surface area contributed by atoms with E-state index in [0.717, 1.165) is 40.8 Å². The van der Waals surface area contributed by atoms with Gasteiger partial charge in [-0.05, 0) is 58.7 Å². The molecule has 3 aromatic heterocycles. The number of fused-ring (bicyclic) bond motifs is 3. The van der Waals surface area contributed by atoms with Crippen molar-refractivity contribution in [2.75, 3.05) is 13.1 Å². The number of carbonyl (C=O) groups excluding carboxylic acids is 1. The van der Waals surface area contributed by atoms with Crippen LogP contribution >= 0.6 is 11.3 Å². The second-order valence-electron chi connectivity index (χ2n) is 8.85. The molecule has 0 aliphatic carbocycles. The number of thiophene rings is 1. The van der Waals surface area contributed by atoms with E-state index in [4.69, 9.17) is 0 Å². The van der Waals surface area contributed by atoms with Gasteiger partial charge in [0.05, 0.1) is 15.8 Å². The minimum absolute atomic E-state index is 0.132. The van der Waals surface area contributed by atoms with Gasteiger partial charge in [0, 0.05) is 24.8 Å². The third kappa shape index (κ3) is 4.70. The molecule has 0 fully saturated rings. The molecule has 0 aliphatic rings. The van der Waals surface area contributed by atoms with Gasteiger partial charge < -0.3 is 5.32 Å². The number of pyridine rings is 2. The topological polar surface area (TPSA) is 53.8 Å². The molecule has 0 unspecified atom stereocenters.